The first-order valence-electron chi connectivity index (χ1n) is 8.97. The third kappa shape index (κ3) is 5.16. The van der Waals surface area contributed by atoms with Gasteiger partial charge in [0, 0.05) is 25.7 Å². The van der Waals surface area contributed by atoms with Gasteiger partial charge < -0.3 is 4.90 Å². The molecule has 0 unspecified atom stereocenters. The molecule has 0 aromatic carbocycles. The van der Waals surface area contributed by atoms with Gasteiger partial charge in [0.2, 0.25) is 15.9 Å². The number of hydrogen-bond donors (Lipinski definition) is 1. The molecular formula is C16H31N3O3S. The highest BCUT2D eigenvalue weighted by atomic mass is 32.2. The molecule has 7 heteroatoms. The lowest BCUT2D eigenvalue weighted by Gasteiger charge is -2.33. The number of amides is 1. The van der Waals surface area contributed by atoms with E-state index < -0.39 is 10.0 Å². The molecule has 0 spiro atoms. The molecule has 0 aromatic rings. The second-order valence-electron chi connectivity index (χ2n) is 6.71. The van der Waals surface area contributed by atoms with Gasteiger partial charge in [0.1, 0.15) is 0 Å². The molecule has 1 saturated carbocycles. The minimum Gasteiger partial charge on any atom is -0.342 e. The van der Waals surface area contributed by atoms with Crippen molar-refractivity contribution in [3.63, 3.8) is 0 Å². The zero-order valence-electron chi connectivity index (χ0n) is 14.5. The molecule has 1 aliphatic carbocycles. The summed E-state index contributed by atoms with van der Waals surface area (Å²) in [5.74, 6) is 0.0943. The van der Waals surface area contributed by atoms with Crippen LogP contribution < -0.4 is 4.72 Å². The molecule has 1 saturated heterocycles. The van der Waals surface area contributed by atoms with Crippen LogP contribution in [0.25, 0.3) is 0 Å². The lowest BCUT2D eigenvalue weighted by atomic mass is 10.1. The number of rotatable bonds is 7. The fourth-order valence-electron chi connectivity index (χ4n) is 3.65. The first kappa shape index (κ1) is 18.7. The third-order valence-electron chi connectivity index (χ3n) is 5.06. The van der Waals surface area contributed by atoms with Crippen molar-refractivity contribution in [3.8, 4) is 0 Å². The molecule has 2 aliphatic rings. The summed E-state index contributed by atoms with van der Waals surface area (Å²) in [6, 6.07) is 0.118. The van der Waals surface area contributed by atoms with E-state index in [4.69, 9.17) is 0 Å². The van der Waals surface area contributed by atoms with Gasteiger partial charge in [-0.1, -0.05) is 12.8 Å². The van der Waals surface area contributed by atoms with Gasteiger partial charge in [0.15, 0.2) is 0 Å². The van der Waals surface area contributed by atoms with E-state index in [9.17, 15) is 13.2 Å². The fourth-order valence-corrected chi connectivity index (χ4v) is 5.43. The molecule has 2 rings (SSSR count). The van der Waals surface area contributed by atoms with Crippen LogP contribution in [0.3, 0.4) is 0 Å². The summed E-state index contributed by atoms with van der Waals surface area (Å²) in [5.41, 5.74) is 0. The van der Waals surface area contributed by atoms with Crippen LogP contribution in [-0.4, -0.2) is 68.1 Å². The first-order valence-corrected chi connectivity index (χ1v) is 10.5. The maximum atomic E-state index is 12.6. The van der Waals surface area contributed by atoms with Crippen LogP contribution in [0.5, 0.6) is 0 Å². The molecule has 0 radical (unpaired) electrons. The number of carbonyl (C=O) groups excluding carboxylic acids is 1. The molecule has 23 heavy (non-hydrogen) atoms. The molecular weight excluding hydrogens is 314 g/mol. The van der Waals surface area contributed by atoms with Crippen LogP contribution in [0.15, 0.2) is 0 Å². The molecule has 134 valence electrons. The number of nitrogens with zero attached hydrogens (tertiary/aromatic N) is 2. The number of sulfonamides is 1. The van der Waals surface area contributed by atoms with Gasteiger partial charge in [-0.05, 0) is 46.1 Å². The van der Waals surface area contributed by atoms with Crippen LogP contribution in [0.2, 0.25) is 0 Å². The van der Waals surface area contributed by atoms with E-state index in [0.717, 1.165) is 38.6 Å². The molecule has 6 nitrogen and oxygen atoms in total. The first-order chi connectivity index (χ1) is 11.0. The minimum atomic E-state index is -3.28. The van der Waals surface area contributed by atoms with Crippen molar-refractivity contribution in [1.29, 1.82) is 0 Å². The van der Waals surface area contributed by atoms with E-state index in [1.54, 1.807) is 4.90 Å². The monoisotopic (exact) mass is 345 g/mol. The molecule has 0 bridgehead atoms. The topological polar surface area (TPSA) is 69.7 Å². The molecule has 2 fully saturated rings. The summed E-state index contributed by atoms with van der Waals surface area (Å²) < 4.78 is 28.1. The summed E-state index contributed by atoms with van der Waals surface area (Å²) in [7, 11) is -3.28. The number of nitrogens with one attached hydrogen (secondary N) is 1. The van der Waals surface area contributed by atoms with Gasteiger partial charge >= 0.3 is 0 Å². The lowest BCUT2D eigenvalue weighted by Crippen LogP contribution is -2.50. The minimum absolute atomic E-state index is 0.0943. The molecule has 1 heterocycles. The van der Waals surface area contributed by atoms with E-state index in [0.29, 0.717) is 32.6 Å². The maximum absolute atomic E-state index is 12.6. The lowest BCUT2D eigenvalue weighted by molar-refractivity contribution is -0.132. The van der Waals surface area contributed by atoms with Crippen LogP contribution in [0.4, 0.5) is 0 Å². The van der Waals surface area contributed by atoms with Gasteiger partial charge in [-0.2, -0.15) is 0 Å². The molecule has 1 amide bonds. The highest BCUT2D eigenvalue weighted by Gasteiger charge is 2.33. The van der Waals surface area contributed by atoms with E-state index in [-0.39, 0.29) is 17.2 Å². The SMILES string of the molecule is CCN(CC)C(=O)CN1CCC[C@H](S(=O)(=O)NC2CCCC2)C1. The summed E-state index contributed by atoms with van der Waals surface area (Å²) in [6.07, 6.45) is 5.66. The van der Waals surface area contributed by atoms with Crippen LogP contribution in [0, 0.1) is 0 Å². The average molecular weight is 346 g/mol. The zero-order chi connectivity index (χ0) is 16.9. The normalized spacial score (nSPS) is 24.0. The predicted molar refractivity (Wildman–Crippen MR) is 91.7 cm³/mol. The van der Waals surface area contributed by atoms with Crippen LogP contribution >= 0.6 is 0 Å². The van der Waals surface area contributed by atoms with Gasteiger partial charge in [-0.25, -0.2) is 13.1 Å². The van der Waals surface area contributed by atoms with Crippen molar-refractivity contribution >= 4 is 15.9 Å². The van der Waals surface area contributed by atoms with Gasteiger partial charge in [-0.15, -0.1) is 0 Å². The second-order valence-corrected chi connectivity index (χ2v) is 8.70. The molecule has 0 aromatic heterocycles. The highest BCUT2D eigenvalue weighted by Crippen LogP contribution is 2.22. The van der Waals surface area contributed by atoms with Crippen molar-refractivity contribution in [1.82, 2.24) is 14.5 Å². The number of likely N-dealkylation sites (tertiary alicyclic amines) is 1. The largest absolute Gasteiger partial charge is 0.342 e. The Balaban J connectivity index is 1.90. The van der Waals surface area contributed by atoms with Crippen LogP contribution in [-0.2, 0) is 14.8 Å². The standard InChI is InChI=1S/C16H31N3O3S/c1-3-19(4-2)16(20)13-18-11-7-10-15(12-18)23(21,22)17-14-8-5-6-9-14/h14-15,17H,3-13H2,1-2H3/t15-/m0/s1. The fraction of sp³-hybridized carbons (Fsp3) is 0.938. The molecule has 1 N–H and O–H groups in total. The van der Waals surface area contributed by atoms with Crippen molar-refractivity contribution in [2.75, 3.05) is 32.7 Å². The van der Waals surface area contributed by atoms with Gasteiger partial charge in [-0.3, -0.25) is 9.69 Å². The Morgan fingerprint density at radius 3 is 2.39 bits per heavy atom. The van der Waals surface area contributed by atoms with E-state index >= 15 is 0 Å². The quantitative estimate of drug-likeness (QED) is 0.752. The van der Waals surface area contributed by atoms with Crippen molar-refractivity contribution in [2.45, 2.75) is 63.7 Å². The van der Waals surface area contributed by atoms with Crippen molar-refractivity contribution in [3.05, 3.63) is 0 Å². The summed E-state index contributed by atoms with van der Waals surface area (Å²) in [6.45, 7) is 6.95. The van der Waals surface area contributed by atoms with E-state index in [1.165, 1.54) is 0 Å². The Bertz CT molecular complexity index is 485. The van der Waals surface area contributed by atoms with Crippen molar-refractivity contribution < 1.29 is 13.2 Å². The van der Waals surface area contributed by atoms with Crippen molar-refractivity contribution in [2.24, 2.45) is 0 Å². The predicted octanol–water partition coefficient (Wildman–Crippen LogP) is 1.18. The van der Waals surface area contributed by atoms with Crippen LogP contribution in [0.1, 0.15) is 52.4 Å². The number of piperidine rings is 1. The van der Waals surface area contributed by atoms with Gasteiger partial charge in [0.25, 0.3) is 0 Å². The Labute approximate surface area is 140 Å². The Hall–Kier alpha value is -0.660. The van der Waals surface area contributed by atoms with Gasteiger partial charge in [0.05, 0.1) is 11.8 Å². The Morgan fingerprint density at radius 2 is 1.78 bits per heavy atom. The second kappa shape index (κ2) is 8.44. The number of hydrogen-bond acceptors (Lipinski definition) is 4. The van der Waals surface area contributed by atoms with E-state index in [1.807, 2.05) is 18.7 Å². The summed E-state index contributed by atoms with van der Waals surface area (Å²) >= 11 is 0. The number of carbonyl (C=O) groups is 1. The number of likely N-dealkylation sites (N-methyl/N-ethyl adjacent to an activating group) is 1. The molecule has 1 atom stereocenters. The zero-order valence-corrected chi connectivity index (χ0v) is 15.3. The summed E-state index contributed by atoms with van der Waals surface area (Å²) in [5, 5.41) is -0.388. The maximum Gasteiger partial charge on any atom is 0.236 e. The molecule has 1 aliphatic heterocycles. The summed E-state index contributed by atoms with van der Waals surface area (Å²) in [4.78, 5) is 16.0. The smallest absolute Gasteiger partial charge is 0.236 e. The third-order valence-corrected chi connectivity index (χ3v) is 6.99. The Morgan fingerprint density at radius 1 is 1.13 bits per heavy atom. The Kier molecular flexibility index (Phi) is 6.85. The average Bonchev–Trinajstić information content (AvgIpc) is 3.01. The van der Waals surface area contributed by atoms with E-state index in [2.05, 4.69) is 4.72 Å². The highest BCUT2D eigenvalue weighted by molar-refractivity contribution is 7.90.